The summed E-state index contributed by atoms with van der Waals surface area (Å²) in [4.78, 5) is 22.4. The minimum Gasteiger partial charge on any atom is -0.508 e. The molecule has 0 aliphatic carbocycles. The van der Waals surface area contributed by atoms with Crippen molar-refractivity contribution in [2.45, 2.75) is 19.9 Å². The van der Waals surface area contributed by atoms with Gasteiger partial charge in [0.25, 0.3) is 5.91 Å². The molecule has 1 aromatic carbocycles. The Balaban J connectivity index is 2.70. The lowest BCUT2D eigenvalue weighted by molar-refractivity contribution is -0.141. The van der Waals surface area contributed by atoms with Gasteiger partial charge in [0.1, 0.15) is 5.75 Å². The van der Waals surface area contributed by atoms with E-state index in [9.17, 15) is 14.7 Å². The second-order valence-electron chi connectivity index (χ2n) is 3.94. The number of aliphatic carboxylic acids is 1. The summed E-state index contributed by atoms with van der Waals surface area (Å²) in [6, 6.07) is 5.40. The highest BCUT2D eigenvalue weighted by Crippen LogP contribution is 2.11. The van der Waals surface area contributed by atoms with Crippen molar-refractivity contribution in [1.82, 2.24) is 5.32 Å². The number of nitrogens with one attached hydrogen (secondary N) is 1. The van der Waals surface area contributed by atoms with Crippen molar-refractivity contribution in [3.05, 3.63) is 29.8 Å². The summed E-state index contributed by atoms with van der Waals surface area (Å²) in [6.45, 7) is 3.15. The number of amides is 1. The summed E-state index contributed by atoms with van der Waals surface area (Å²) in [7, 11) is 0. The Morgan fingerprint density at radius 3 is 2.47 bits per heavy atom. The lowest BCUT2D eigenvalue weighted by Gasteiger charge is -2.17. The van der Waals surface area contributed by atoms with Crippen molar-refractivity contribution in [3.8, 4) is 5.75 Å². The fourth-order valence-electron chi connectivity index (χ4n) is 1.28. The molecule has 1 rings (SSSR count). The Morgan fingerprint density at radius 2 is 1.94 bits per heavy atom. The van der Waals surface area contributed by atoms with E-state index in [4.69, 9.17) is 5.11 Å². The van der Waals surface area contributed by atoms with E-state index in [1.165, 1.54) is 19.1 Å². The molecule has 1 amide bonds. The number of carbonyl (C=O) groups excluding carboxylic acids is 1. The molecule has 17 heavy (non-hydrogen) atoms. The number of hydrogen-bond acceptors (Lipinski definition) is 3. The molecule has 0 aliphatic heterocycles. The third-order valence-corrected chi connectivity index (χ3v) is 2.61. The number of carbonyl (C=O) groups is 2. The number of rotatable bonds is 4. The van der Waals surface area contributed by atoms with Crippen molar-refractivity contribution in [2.24, 2.45) is 5.92 Å². The van der Waals surface area contributed by atoms with Crippen LogP contribution < -0.4 is 5.32 Å². The fraction of sp³-hybridized carbons (Fsp3) is 0.333. The maximum atomic E-state index is 11.7. The van der Waals surface area contributed by atoms with Crippen LogP contribution in [0.25, 0.3) is 0 Å². The summed E-state index contributed by atoms with van der Waals surface area (Å²) in [5.74, 6) is -2.04. The molecular formula is C12H15NO4. The van der Waals surface area contributed by atoms with Crippen molar-refractivity contribution in [2.75, 3.05) is 0 Å². The molecule has 1 aromatic rings. The van der Waals surface area contributed by atoms with E-state index >= 15 is 0 Å². The van der Waals surface area contributed by atoms with Gasteiger partial charge in [-0.2, -0.15) is 0 Å². The second kappa shape index (κ2) is 5.34. The van der Waals surface area contributed by atoms with Gasteiger partial charge in [-0.1, -0.05) is 6.07 Å². The van der Waals surface area contributed by atoms with Crippen molar-refractivity contribution < 1.29 is 19.8 Å². The molecule has 0 bridgehead atoms. The standard InChI is InChI=1S/C12H15NO4/c1-7(12(16)17)8(2)13-11(15)9-4-3-5-10(14)6-9/h3-8,14H,1-2H3,(H,13,15)(H,16,17). The summed E-state index contributed by atoms with van der Waals surface area (Å²) in [5.41, 5.74) is 0.300. The average molecular weight is 237 g/mol. The van der Waals surface area contributed by atoms with Gasteiger partial charge in [0.2, 0.25) is 0 Å². The zero-order chi connectivity index (χ0) is 13.0. The third kappa shape index (κ3) is 3.48. The van der Waals surface area contributed by atoms with Crippen LogP contribution in [0.5, 0.6) is 5.75 Å². The normalized spacial score (nSPS) is 13.8. The van der Waals surface area contributed by atoms with Gasteiger partial charge in [0.15, 0.2) is 0 Å². The first-order valence-corrected chi connectivity index (χ1v) is 5.24. The SMILES string of the molecule is CC(NC(=O)c1cccc(O)c1)C(C)C(=O)O. The van der Waals surface area contributed by atoms with E-state index in [0.29, 0.717) is 5.56 Å². The number of phenols is 1. The average Bonchev–Trinajstić information content (AvgIpc) is 2.27. The van der Waals surface area contributed by atoms with Gasteiger partial charge in [-0.05, 0) is 32.0 Å². The molecule has 0 radical (unpaired) electrons. The molecule has 5 nitrogen and oxygen atoms in total. The number of carboxylic acid groups (broad SMARTS) is 1. The Kier molecular flexibility index (Phi) is 4.09. The molecule has 0 aliphatic rings. The Hall–Kier alpha value is -2.04. The number of phenolic OH excluding ortho intramolecular Hbond substituents is 1. The zero-order valence-electron chi connectivity index (χ0n) is 9.68. The largest absolute Gasteiger partial charge is 0.508 e. The highest BCUT2D eigenvalue weighted by Gasteiger charge is 2.21. The Bertz CT molecular complexity index is 430. The van der Waals surface area contributed by atoms with E-state index in [1.807, 2.05) is 0 Å². The molecule has 0 heterocycles. The molecule has 0 saturated carbocycles. The minimum atomic E-state index is -0.964. The summed E-state index contributed by atoms with van der Waals surface area (Å²) in [5, 5.41) is 20.6. The number of aromatic hydroxyl groups is 1. The van der Waals surface area contributed by atoms with Crippen LogP contribution in [0.1, 0.15) is 24.2 Å². The first kappa shape index (κ1) is 13.0. The predicted molar refractivity (Wildman–Crippen MR) is 61.8 cm³/mol. The van der Waals surface area contributed by atoms with E-state index in [2.05, 4.69) is 5.32 Å². The van der Waals surface area contributed by atoms with Crippen LogP contribution in [0, 0.1) is 5.92 Å². The molecule has 0 aromatic heterocycles. The van der Waals surface area contributed by atoms with Gasteiger partial charge in [-0.3, -0.25) is 9.59 Å². The molecule has 3 N–H and O–H groups in total. The fourth-order valence-corrected chi connectivity index (χ4v) is 1.28. The topological polar surface area (TPSA) is 86.6 Å². The molecule has 0 fully saturated rings. The highest BCUT2D eigenvalue weighted by molar-refractivity contribution is 5.95. The summed E-state index contributed by atoms with van der Waals surface area (Å²) >= 11 is 0. The molecule has 0 spiro atoms. The molecule has 0 saturated heterocycles. The Labute approximate surface area is 99.1 Å². The second-order valence-corrected chi connectivity index (χ2v) is 3.94. The first-order valence-electron chi connectivity index (χ1n) is 5.24. The van der Waals surface area contributed by atoms with Crippen molar-refractivity contribution in [1.29, 1.82) is 0 Å². The monoisotopic (exact) mass is 237 g/mol. The van der Waals surface area contributed by atoms with Gasteiger partial charge in [-0.25, -0.2) is 0 Å². The quantitative estimate of drug-likeness (QED) is 0.735. The number of hydrogen-bond donors (Lipinski definition) is 3. The molecule has 2 unspecified atom stereocenters. The van der Waals surface area contributed by atoms with Crippen LogP contribution in [0.2, 0.25) is 0 Å². The first-order chi connectivity index (χ1) is 7.91. The summed E-state index contributed by atoms with van der Waals surface area (Å²) < 4.78 is 0. The van der Waals surface area contributed by atoms with Gasteiger partial charge in [0.05, 0.1) is 5.92 Å². The minimum absolute atomic E-state index is 0.00316. The third-order valence-electron chi connectivity index (χ3n) is 2.61. The van der Waals surface area contributed by atoms with Crippen LogP contribution in [0.4, 0.5) is 0 Å². The molecule has 92 valence electrons. The van der Waals surface area contributed by atoms with Crippen LogP contribution in [0.3, 0.4) is 0 Å². The Morgan fingerprint density at radius 1 is 1.29 bits per heavy atom. The van der Waals surface area contributed by atoms with Crippen LogP contribution in [-0.2, 0) is 4.79 Å². The summed E-state index contributed by atoms with van der Waals surface area (Å²) in [6.07, 6.45) is 0. The predicted octanol–water partition coefficient (Wildman–Crippen LogP) is 1.23. The molecular weight excluding hydrogens is 222 g/mol. The zero-order valence-corrected chi connectivity index (χ0v) is 9.68. The number of carboxylic acids is 1. The van der Waals surface area contributed by atoms with Crippen molar-refractivity contribution >= 4 is 11.9 Å². The highest BCUT2D eigenvalue weighted by atomic mass is 16.4. The van der Waals surface area contributed by atoms with E-state index in [0.717, 1.165) is 0 Å². The van der Waals surface area contributed by atoms with Gasteiger partial charge in [-0.15, -0.1) is 0 Å². The van der Waals surface area contributed by atoms with Crippen molar-refractivity contribution in [3.63, 3.8) is 0 Å². The maximum Gasteiger partial charge on any atom is 0.308 e. The van der Waals surface area contributed by atoms with E-state index in [-0.39, 0.29) is 5.75 Å². The molecule has 2 atom stereocenters. The van der Waals surface area contributed by atoms with Crippen LogP contribution in [-0.4, -0.2) is 28.1 Å². The van der Waals surface area contributed by atoms with Gasteiger partial charge < -0.3 is 15.5 Å². The molecule has 5 heteroatoms. The van der Waals surface area contributed by atoms with Gasteiger partial charge in [0, 0.05) is 11.6 Å². The van der Waals surface area contributed by atoms with Crippen LogP contribution >= 0.6 is 0 Å². The van der Waals surface area contributed by atoms with Crippen LogP contribution in [0.15, 0.2) is 24.3 Å². The lowest BCUT2D eigenvalue weighted by Crippen LogP contribution is -2.40. The smallest absolute Gasteiger partial charge is 0.308 e. The van der Waals surface area contributed by atoms with E-state index < -0.39 is 23.8 Å². The maximum absolute atomic E-state index is 11.7. The van der Waals surface area contributed by atoms with E-state index in [1.54, 1.807) is 19.1 Å². The lowest BCUT2D eigenvalue weighted by atomic mass is 10.0. The number of benzene rings is 1. The van der Waals surface area contributed by atoms with Gasteiger partial charge >= 0.3 is 5.97 Å².